The monoisotopic (exact) mass is 400 g/mol. The highest BCUT2D eigenvalue weighted by atomic mass is 35.6. The molecule has 2 rings (SSSR count). The summed E-state index contributed by atoms with van der Waals surface area (Å²) >= 11 is 17.3. The number of hydrogen-bond acceptors (Lipinski definition) is 3. The van der Waals surface area contributed by atoms with E-state index in [2.05, 4.69) is 10.6 Å². The molecule has 2 N–H and O–H groups in total. The van der Waals surface area contributed by atoms with E-state index in [0.717, 1.165) is 12.1 Å². The van der Waals surface area contributed by atoms with Gasteiger partial charge in [-0.3, -0.25) is 4.79 Å². The molecule has 0 fully saturated rings. The third-order valence-electron chi connectivity index (χ3n) is 2.88. The lowest BCUT2D eigenvalue weighted by Crippen LogP contribution is -2.49. The maximum Gasteiger partial charge on any atom is 0.418 e. The summed E-state index contributed by atoms with van der Waals surface area (Å²) in [7, 11) is 0. The van der Waals surface area contributed by atoms with Crippen molar-refractivity contribution in [1.82, 2.24) is 5.32 Å². The molecule has 1 heterocycles. The largest absolute Gasteiger partial charge is 0.459 e. The second-order valence-electron chi connectivity index (χ2n) is 4.61. The highest BCUT2D eigenvalue weighted by molar-refractivity contribution is 6.68. The van der Waals surface area contributed by atoms with Gasteiger partial charge in [-0.05, 0) is 24.3 Å². The predicted octanol–water partition coefficient (Wildman–Crippen LogP) is 4.84. The number of carbonyl (C=O) groups is 1. The Bertz CT molecular complexity index is 700. The Morgan fingerprint density at radius 3 is 2.29 bits per heavy atom. The number of nitrogens with one attached hydrogen (secondary N) is 2. The molecule has 1 atom stereocenters. The van der Waals surface area contributed by atoms with Crippen molar-refractivity contribution < 1.29 is 22.4 Å². The molecule has 0 aliphatic heterocycles. The Morgan fingerprint density at radius 2 is 1.75 bits per heavy atom. The first kappa shape index (κ1) is 18.8. The van der Waals surface area contributed by atoms with Gasteiger partial charge in [0.2, 0.25) is 3.79 Å². The molecule has 0 radical (unpaired) electrons. The van der Waals surface area contributed by atoms with Gasteiger partial charge in [-0.25, -0.2) is 0 Å². The maximum absolute atomic E-state index is 13.0. The number of alkyl halides is 6. The molecular formula is C14H10Cl3F3N2O2. The Balaban J connectivity index is 2.27. The summed E-state index contributed by atoms with van der Waals surface area (Å²) in [5, 5.41) is 4.68. The van der Waals surface area contributed by atoms with Crippen LogP contribution in [-0.4, -0.2) is 15.9 Å². The van der Waals surface area contributed by atoms with Crippen LogP contribution in [0.3, 0.4) is 0 Å². The summed E-state index contributed by atoms with van der Waals surface area (Å²) in [4.78, 5) is 12.0. The topological polar surface area (TPSA) is 54.3 Å². The van der Waals surface area contributed by atoms with Gasteiger partial charge in [0.15, 0.2) is 5.76 Å². The smallest absolute Gasteiger partial charge is 0.418 e. The average Bonchev–Trinajstić information content (AvgIpc) is 2.99. The first-order valence-electron chi connectivity index (χ1n) is 6.43. The van der Waals surface area contributed by atoms with E-state index in [-0.39, 0.29) is 11.4 Å². The van der Waals surface area contributed by atoms with Crippen molar-refractivity contribution in [3.8, 4) is 0 Å². The molecule has 24 heavy (non-hydrogen) atoms. The van der Waals surface area contributed by atoms with Crippen LogP contribution in [0, 0.1) is 0 Å². The number of halogens is 6. The van der Waals surface area contributed by atoms with E-state index >= 15 is 0 Å². The van der Waals surface area contributed by atoms with Crippen molar-refractivity contribution in [3.63, 3.8) is 0 Å². The fourth-order valence-corrected chi connectivity index (χ4v) is 2.15. The van der Waals surface area contributed by atoms with E-state index < -0.39 is 27.6 Å². The molecule has 0 saturated carbocycles. The zero-order valence-electron chi connectivity index (χ0n) is 11.7. The van der Waals surface area contributed by atoms with Crippen LogP contribution in [0.4, 0.5) is 18.9 Å². The Kier molecular flexibility index (Phi) is 5.57. The van der Waals surface area contributed by atoms with Crippen LogP contribution in [-0.2, 0) is 6.18 Å². The van der Waals surface area contributed by atoms with Gasteiger partial charge in [0.1, 0.15) is 6.17 Å². The van der Waals surface area contributed by atoms with Gasteiger partial charge in [0.25, 0.3) is 5.91 Å². The molecule has 0 aliphatic carbocycles. The number of hydrogen-bond donors (Lipinski definition) is 2. The molecule has 1 amide bonds. The fourth-order valence-electron chi connectivity index (χ4n) is 1.82. The summed E-state index contributed by atoms with van der Waals surface area (Å²) in [6.07, 6.45) is -4.80. The summed E-state index contributed by atoms with van der Waals surface area (Å²) in [5.41, 5.74) is -1.31. The Labute approximate surface area is 149 Å². The fraction of sp³-hybridized carbons (Fsp3) is 0.214. The highest BCUT2D eigenvalue weighted by Gasteiger charge is 2.38. The Morgan fingerprint density at radius 1 is 1.08 bits per heavy atom. The van der Waals surface area contributed by atoms with Crippen LogP contribution >= 0.6 is 34.8 Å². The summed E-state index contributed by atoms with van der Waals surface area (Å²) in [6.45, 7) is 0. The molecule has 1 aromatic heterocycles. The normalized spacial score (nSPS) is 13.4. The number of benzene rings is 1. The molecule has 0 spiro atoms. The molecule has 0 aliphatic rings. The Hall–Kier alpha value is -1.57. The molecule has 10 heteroatoms. The number of carbonyl (C=O) groups excluding carboxylic acids is 1. The van der Waals surface area contributed by atoms with Gasteiger partial charge >= 0.3 is 6.18 Å². The van der Waals surface area contributed by atoms with Gasteiger partial charge in [-0.2, -0.15) is 13.2 Å². The van der Waals surface area contributed by atoms with Crippen molar-refractivity contribution in [2.45, 2.75) is 16.1 Å². The van der Waals surface area contributed by atoms with Crippen LogP contribution in [0.25, 0.3) is 0 Å². The number of anilines is 1. The zero-order valence-corrected chi connectivity index (χ0v) is 14.0. The van der Waals surface area contributed by atoms with Crippen LogP contribution < -0.4 is 10.6 Å². The second-order valence-corrected chi connectivity index (χ2v) is 6.98. The van der Waals surface area contributed by atoms with Crippen LogP contribution in [0.2, 0.25) is 0 Å². The summed E-state index contributed by atoms with van der Waals surface area (Å²) < 4.78 is 41.9. The van der Waals surface area contributed by atoms with Crippen molar-refractivity contribution in [2.24, 2.45) is 0 Å². The van der Waals surface area contributed by atoms with E-state index in [0.29, 0.717) is 0 Å². The van der Waals surface area contributed by atoms with E-state index in [1.807, 2.05) is 0 Å². The molecule has 4 nitrogen and oxygen atoms in total. The molecule has 0 bridgehead atoms. The minimum absolute atomic E-state index is 0.0832. The third-order valence-corrected chi connectivity index (χ3v) is 3.53. The maximum atomic E-state index is 13.0. The molecule has 1 aromatic carbocycles. The summed E-state index contributed by atoms with van der Waals surface area (Å²) in [6, 6.07) is 7.44. The quantitative estimate of drug-likeness (QED) is 0.569. The predicted molar refractivity (Wildman–Crippen MR) is 85.3 cm³/mol. The van der Waals surface area contributed by atoms with E-state index in [9.17, 15) is 18.0 Å². The number of furan rings is 1. The molecular weight excluding hydrogens is 392 g/mol. The van der Waals surface area contributed by atoms with Crippen LogP contribution in [0.15, 0.2) is 47.1 Å². The zero-order chi connectivity index (χ0) is 18.0. The lowest BCUT2D eigenvalue weighted by atomic mass is 10.1. The number of rotatable bonds is 4. The molecule has 130 valence electrons. The molecule has 2 aromatic rings. The van der Waals surface area contributed by atoms with Crippen molar-refractivity contribution >= 4 is 46.4 Å². The average molecular weight is 402 g/mol. The van der Waals surface area contributed by atoms with E-state index in [4.69, 9.17) is 39.2 Å². The molecule has 0 saturated heterocycles. The van der Waals surface area contributed by atoms with E-state index in [1.165, 1.54) is 30.5 Å². The van der Waals surface area contributed by atoms with Gasteiger partial charge < -0.3 is 15.1 Å². The first-order chi connectivity index (χ1) is 11.1. The molecule has 0 unspecified atom stereocenters. The lowest BCUT2D eigenvalue weighted by molar-refractivity contribution is -0.137. The number of para-hydroxylation sites is 1. The SMILES string of the molecule is O=C(N[C@@H](Nc1ccccc1C(F)(F)F)C(Cl)(Cl)Cl)c1ccco1. The minimum atomic E-state index is -4.62. The van der Waals surface area contributed by atoms with Gasteiger partial charge in [-0.1, -0.05) is 46.9 Å². The third kappa shape index (κ3) is 4.72. The first-order valence-corrected chi connectivity index (χ1v) is 7.56. The van der Waals surface area contributed by atoms with Gasteiger partial charge in [-0.15, -0.1) is 0 Å². The highest BCUT2D eigenvalue weighted by Crippen LogP contribution is 2.37. The lowest BCUT2D eigenvalue weighted by Gasteiger charge is -2.28. The summed E-state index contributed by atoms with van der Waals surface area (Å²) in [5.74, 6) is -0.839. The van der Waals surface area contributed by atoms with Crippen molar-refractivity contribution in [2.75, 3.05) is 5.32 Å². The van der Waals surface area contributed by atoms with Gasteiger partial charge in [0, 0.05) is 5.69 Å². The van der Waals surface area contributed by atoms with Gasteiger partial charge in [0.05, 0.1) is 11.8 Å². The standard InChI is InChI=1S/C14H10Cl3F3N2O2/c15-13(16,17)12(22-11(23)10-6-3-7-24-10)21-9-5-2-1-4-8(9)14(18,19)20/h1-7,12,21H,(H,22,23)/t12-/m1/s1. The number of amides is 1. The van der Waals surface area contributed by atoms with Crippen LogP contribution in [0.5, 0.6) is 0 Å². The minimum Gasteiger partial charge on any atom is -0.459 e. The van der Waals surface area contributed by atoms with Crippen molar-refractivity contribution in [3.05, 3.63) is 54.0 Å². The second kappa shape index (κ2) is 7.13. The van der Waals surface area contributed by atoms with Crippen LogP contribution in [0.1, 0.15) is 16.1 Å². The van der Waals surface area contributed by atoms with Crippen molar-refractivity contribution in [1.29, 1.82) is 0 Å². The van der Waals surface area contributed by atoms with E-state index in [1.54, 1.807) is 0 Å².